The molecule has 2 rings (SSSR count). The van der Waals surface area contributed by atoms with E-state index in [0.717, 1.165) is 31.5 Å². The molecule has 4 heteroatoms. The second-order valence-corrected chi connectivity index (χ2v) is 4.11. The first kappa shape index (κ1) is 10.2. The minimum absolute atomic E-state index is 0.177. The molecule has 4 nitrogen and oxygen atoms in total. The maximum absolute atomic E-state index is 10.9. The lowest BCUT2D eigenvalue weighted by Gasteiger charge is -2.33. The second kappa shape index (κ2) is 4.04. The number of carboxylic acids is 1. The van der Waals surface area contributed by atoms with E-state index in [9.17, 15) is 4.79 Å². The SMILES string of the molecule is CCCn1nccc1C1CCC1C(=O)O. The molecule has 2 atom stereocenters. The number of carboxylic acid groups (broad SMARTS) is 1. The molecule has 1 aromatic rings. The minimum Gasteiger partial charge on any atom is -0.481 e. The molecule has 0 saturated heterocycles. The van der Waals surface area contributed by atoms with E-state index in [0.29, 0.717) is 0 Å². The zero-order valence-corrected chi connectivity index (χ0v) is 8.89. The molecule has 1 heterocycles. The molecule has 0 bridgehead atoms. The average molecular weight is 208 g/mol. The Bertz CT molecular complexity index is 359. The van der Waals surface area contributed by atoms with Crippen molar-refractivity contribution in [3.63, 3.8) is 0 Å². The predicted octanol–water partition coefficient (Wildman–Crippen LogP) is 1.87. The first-order chi connectivity index (χ1) is 7.24. The maximum Gasteiger partial charge on any atom is 0.307 e. The van der Waals surface area contributed by atoms with Gasteiger partial charge in [-0.1, -0.05) is 6.92 Å². The van der Waals surface area contributed by atoms with Crippen molar-refractivity contribution >= 4 is 5.97 Å². The molecule has 82 valence electrons. The van der Waals surface area contributed by atoms with Gasteiger partial charge < -0.3 is 5.11 Å². The van der Waals surface area contributed by atoms with Gasteiger partial charge in [0.05, 0.1) is 5.92 Å². The van der Waals surface area contributed by atoms with Gasteiger partial charge in [-0.2, -0.15) is 5.10 Å². The van der Waals surface area contributed by atoms with Crippen LogP contribution in [0.15, 0.2) is 12.3 Å². The number of hydrogen-bond acceptors (Lipinski definition) is 2. The molecule has 0 aromatic carbocycles. The maximum atomic E-state index is 10.9. The van der Waals surface area contributed by atoms with E-state index in [1.54, 1.807) is 6.20 Å². The van der Waals surface area contributed by atoms with Crippen molar-refractivity contribution < 1.29 is 9.90 Å². The summed E-state index contributed by atoms with van der Waals surface area (Å²) in [4.78, 5) is 10.9. The fourth-order valence-corrected chi connectivity index (χ4v) is 2.21. The van der Waals surface area contributed by atoms with Gasteiger partial charge in [0.1, 0.15) is 0 Å². The van der Waals surface area contributed by atoms with Crippen LogP contribution in [0.4, 0.5) is 0 Å². The molecule has 1 aliphatic rings. The van der Waals surface area contributed by atoms with Gasteiger partial charge in [0.2, 0.25) is 0 Å². The molecule has 0 radical (unpaired) electrons. The van der Waals surface area contributed by atoms with E-state index in [2.05, 4.69) is 12.0 Å². The highest BCUT2D eigenvalue weighted by molar-refractivity contribution is 5.72. The van der Waals surface area contributed by atoms with Crippen LogP contribution in [-0.4, -0.2) is 20.9 Å². The van der Waals surface area contributed by atoms with E-state index < -0.39 is 5.97 Å². The third kappa shape index (κ3) is 1.76. The zero-order chi connectivity index (χ0) is 10.8. The highest BCUT2D eigenvalue weighted by atomic mass is 16.4. The summed E-state index contributed by atoms with van der Waals surface area (Å²) in [5.74, 6) is -0.690. The predicted molar refractivity (Wildman–Crippen MR) is 55.6 cm³/mol. The molecule has 2 unspecified atom stereocenters. The third-order valence-electron chi connectivity index (χ3n) is 3.16. The number of aromatic nitrogens is 2. The molecule has 0 amide bonds. The summed E-state index contributed by atoms with van der Waals surface area (Å²) in [5, 5.41) is 13.2. The fraction of sp³-hybridized carbons (Fsp3) is 0.636. The number of nitrogens with zero attached hydrogens (tertiary/aromatic N) is 2. The Morgan fingerprint density at radius 3 is 3.00 bits per heavy atom. The summed E-state index contributed by atoms with van der Waals surface area (Å²) in [6.45, 7) is 2.98. The average Bonchev–Trinajstić information content (AvgIpc) is 2.51. The topological polar surface area (TPSA) is 55.1 Å². The summed E-state index contributed by atoms with van der Waals surface area (Å²) < 4.78 is 1.94. The highest BCUT2D eigenvalue weighted by Crippen LogP contribution is 2.42. The quantitative estimate of drug-likeness (QED) is 0.821. The Labute approximate surface area is 88.9 Å². The Morgan fingerprint density at radius 2 is 2.47 bits per heavy atom. The van der Waals surface area contributed by atoms with Crippen molar-refractivity contribution in [2.24, 2.45) is 5.92 Å². The van der Waals surface area contributed by atoms with E-state index in [1.807, 2.05) is 10.7 Å². The lowest BCUT2D eigenvalue weighted by Crippen LogP contribution is -2.32. The van der Waals surface area contributed by atoms with Gasteiger partial charge in [0, 0.05) is 24.4 Å². The fourth-order valence-electron chi connectivity index (χ4n) is 2.21. The summed E-state index contributed by atoms with van der Waals surface area (Å²) in [6.07, 6.45) is 4.57. The summed E-state index contributed by atoms with van der Waals surface area (Å²) >= 11 is 0. The first-order valence-corrected chi connectivity index (χ1v) is 5.48. The van der Waals surface area contributed by atoms with Crippen molar-refractivity contribution in [3.05, 3.63) is 18.0 Å². The molecule has 0 aliphatic heterocycles. The van der Waals surface area contributed by atoms with Crippen molar-refractivity contribution in [3.8, 4) is 0 Å². The Morgan fingerprint density at radius 1 is 1.67 bits per heavy atom. The molecular weight excluding hydrogens is 192 g/mol. The van der Waals surface area contributed by atoms with Gasteiger partial charge in [-0.15, -0.1) is 0 Å². The van der Waals surface area contributed by atoms with Gasteiger partial charge in [-0.05, 0) is 25.3 Å². The standard InChI is InChI=1S/C11H16N2O2/c1-2-7-13-10(5-6-12-13)8-3-4-9(8)11(14)15/h5-6,8-9H,2-4,7H2,1H3,(H,14,15). The van der Waals surface area contributed by atoms with Gasteiger partial charge in [-0.25, -0.2) is 0 Å². The van der Waals surface area contributed by atoms with Crippen molar-refractivity contribution in [1.29, 1.82) is 0 Å². The van der Waals surface area contributed by atoms with Crippen LogP contribution in [0.3, 0.4) is 0 Å². The largest absolute Gasteiger partial charge is 0.481 e. The highest BCUT2D eigenvalue weighted by Gasteiger charge is 2.39. The van der Waals surface area contributed by atoms with E-state index >= 15 is 0 Å². The van der Waals surface area contributed by atoms with Crippen LogP contribution < -0.4 is 0 Å². The lowest BCUT2D eigenvalue weighted by molar-refractivity contribution is -0.145. The number of rotatable bonds is 4. The van der Waals surface area contributed by atoms with Crippen LogP contribution in [0.5, 0.6) is 0 Å². The summed E-state index contributed by atoms with van der Waals surface area (Å²) in [6, 6.07) is 1.95. The van der Waals surface area contributed by atoms with Crippen molar-refractivity contribution in [1.82, 2.24) is 9.78 Å². The Kier molecular flexibility index (Phi) is 2.75. The number of hydrogen-bond donors (Lipinski definition) is 1. The normalized spacial score (nSPS) is 24.9. The third-order valence-corrected chi connectivity index (χ3v) is 3.16. The monoisotopic (exact) mass is 208 g/mol. The van der Waals surface area contributed by atoms with Gasteiger partial charge in [0.25, 0.3) is 0 Å². The van der Waals surface area contributed by atoms with Crippen molar-refractivity contribution in [2.45, 2.75) is 38.6 Å². The minimum atomic E-state index is -0.671. The summed E-state index contributed by atoms with van der Waals surface area (Å²) in [7, 11) is 0. The smallest absolute Gasteiger partial charge is 0.307 e. The van der Waals surface area contributed by atoms with Gasteiger partial charge >= 0.3 is 5.97 Å². The van der Waals surface area contributed by atoms with Crippen LogP contribution in [0.1, 0.15) is 37.8 Å². The van der Waals surface area contributed by atoms with Crippen LogP contribution in [-0.2, 0) is 11.3 Å². The number of carbonyl (C=O) groups is 1. The molecule has 1 saturated carbocycles. The Hall–Kier alpha value is -1.32. The van der Waals surface area contributed by atoms with E-state index in [-0.39, 0.29) is 11.8 Å². The van der Waals surface area contributed by atoms with E-state index in [1.165, 1.54) is 0 Å². The molecule has 1 aromatic heterocycles. The van der Waals surface area contributed by atoms with Gasteiger partial charge in [-0.3, -0.25) is 9.48 Å². The zero-order valence-electron chi connectivity index (χ0n) is 8.89. The molecule has 1 N–H and O–H groups in total. The van der Waals surface area contributed by atoms with E-state index in [4.69, 9.17) is 5.11 Å². The molecule has 0 spiro atoms. The van der Waals surface area contributed by atoms with Crippen LogP contribution >= 0.6 is 0 Å². The molecule has 15 heavy (non-hydrogen) atoms. The van der Waals surface area contributed by atoms with Crippen LogP contribution in [0.2, 0.25) is 0 Å². The van der Waals surface area contributed by atoms with Crippen molar-refractivity contribution in [2.75, 3.05) is 0 Å². The molecular formula is C11H16N2O2. The van der Waals surface area contributed by atoms with Crippen LogP contribution in [0, 0.1) is 5.92 Å². The van der Waals surface area contributed by atoms with Crippen LogP contribution in [0.25, 0.3) is 0 Å². The van der Waals surface area contributed by atoms with Gasteiger partial charge in [0.15, 0.2) is 0 Å². The molecule has 1 fully saturated rings. The molecule has 1 aliphatic carbocycles. The number of aliphatic carboxylic acids is 1. The second-order valence-electron chi connectivity index (χ2n) is 4.11. The Balaban J connectivity index is 2.15. The number of aryl methyl sites for hydroxylation is 1. The lowest BCUT2D eigenvalue weighted by atomic mass is 9.72. The first-order valence-electron chi connectivity index (χ1n) is 5.48. The summed E-state index contributed by atoms with van der Waals surface area (Å²) in [5.41, 5.74) is 1.09.